The van der Waals surface area contributed by atoms with E-state index in [1.54, 1.807) is 0 Å². The molecule has 2 aromatic rings. The number of rotatable bonds is 3. The molecule has 0 spiro atoms. The van der Waals surface area contributed by atoms with E-state index in [1.807, 2.05) is 30.3 Å². The third-order valence-electron chi connectivity index (χ3n) is 2.38. The number of aryl methyl sites for hydroxylation is 1. The molecule has 3 heteroatoms. The molecule has 1 aromatic heterocycles. The predicted molar refractivity (Wildman–Crippen MR) is 64.8 cm³/mol. The van der Waals surface area contributed by atoms with Crippen LogP contribution in [-0.2, 0) is 6.42 Å². The molecule has 2 rings (SSSR count). The maximum Gasteiger partial charge on any atom is 0.195 e. The highest BCUT2D eigenvalue weighted by Gasteiger charge is 2.07. The normalized spacial score (nSPS) is 10.3. The Hall–Kier alpha value is -1.54. The number of alkyl halides is 1. The van der Waals surface area contributed by atoms with Crippen LogP contribution in [0.25, 0.3) is 11.1 Å². The summed E-state index contributed by atoms with van der Waals surface area (Å²) in [7, 11) is 0. The van der Waals surface area contributed by atoms with Gasteiger partial charge in [0.15, 0.2) is 5.43 Å². The summed E-state index contributed by atoms with van der Waals surface area (Å²) in [5, 5.41) is 0. The van der Waals surface area contributed by atoms with Crippen LogP contribution in [0.1, 0.15) is 5.56 Å². The van der Waals surface area contributed by atoms with Crippen LogP contribution >= 0.6 is 11.6 Å². The quantitative estimate of drug-likeness (QED) is 0.764. The Bertz CT molecular complexity index is 517. The van der Waals surface area contributed by atoms with Crippen LogP contribution in [0.5, 0.6) is 0 Å². The summed E-state index contributed by atoms with van der Waals surface area (Å²) >= 11 is 5.63. The van der Waals surface area contributed by atoms with E-state index in [0.29, 0.717) is 23.4 Å². The molecule has 0 fully saturated rings. The van der Waals surface area contributed by atoms with Gasteiger partial charge in [0.25, 0.3) is 0 Å². The fraction of sp³-hybridized carbons (Fsp3) is 0.154. The SMILES string of the molecule is O=c1c(CCCl)cocc1-c1ccccc1. The summed E-state index contributed by atoms with van der Waals surface area (Å²) in [4.78, 5) is 12.0. The minimum Gasteiger partial charge on any atom is -0.471 e. The molecule has 0 N–H and O–H groups in total. The maximum absolute atomic E-state index is 12.0. The second kappa shape index (κ2) is 4.99. The van der Waals surface area contributed by atoms with Crippen LogP contribution in [0.4, 0.5) is 0 Å². The number of hydrogen-bond acceptors (Lipinski definition) is 2. The van der Waals surface area contributed by atoms with Gasteiger partial charge in [-0.05, 0) is 12.0 Å². The van der Waals surface area contributed by atoms with Crippen LogP contribution in [-0.4, -0.2) is 5.88 Å². The Morgan fingerprint density at radius 1 is 1.12 bits per heavy atom. The van der Waals surface area contributed by atoms with E-state index in [4.69, 9.17) is 16.0 Å². The second-order valence-corrected chi connectivity index (χ2v) is 3.82. The lowest BCUT2D eigenvalue weighted by atomic mass is 10.1. The fourth-order valence-corrected chi connectivity index (χ4v) is 1.76. The minimum atomic E-state index is -0.00176. The molecule has 0 atom stereocenters. The van der Waals surface area contributed by atoms with Gasteiger partial charge in [-0.2, -0.15) is 0 Å². The van der Waals surface area contributed by atoms with E-state index < -0.39 is 0 Å². The molecular weight excluding hydrogens is 224 g/mol. The van der Waals surface area contributed by atoms with Crippen molar-refractivity contribution in [1.29, 1.82) is 0 Å². The van der Waals surface area contributed by atoms with Gasteiger partial charge in [0.05, 0.1) is 11.8 Å². The highest BCUT2D eigenvalue weighted by Crippen LogP contribution is 2.15. The first-order valence-electron chi connectivity index (χ1n) is 5.03. The summed E-state index contributed by atoms with van der Waals surface area (Å²) in [6, 6.07) is 9.47. The van der Waals surface area contributed by atoms with E-state index in [0.717, 1.165) is 5.56 Å². The van der Waals surface area contributed by atoms with Gasteiger partial charge >= 0.3 is 0 Å². The Balaban J connectivity index is 2.51. The van der Waals surface area contributed by atoms with Gasteiger partial charge in [-0.1, -0.05) is 30.3 Å². The molecule has 0 aliphatic rings. The van der Waals surface area contributed by atoms with Gasteiger partial charge in [-0.15, -0.1) is 11.6 Å². The van der Waals surface area contributed by atoms with Gasteiger partial charge in [-0.25, -0.2) is 0 Å². The van der Waals surface area contributed by atoms with E-state index in [2.05, 4.69) is 0 Å². The number of halogens is 1. The molecule has 0 radical (unpaired) electrons. The van der Waals surface area contributed by atoms with Crippen molar-refractivity contribution in [3.8, 4) is 11.1 Å². The smallest absolute Gasteiger partial charge is 0.195 e. The first-order chi connectivity index (χ1) is 7.83. The topological polar surface area (TPSA) is 30.2 Å². The summed E-state index contributed by atoms with van der Waals surface area (Å²) in [5.41, 5.74) is 2.07. The van der Waals surface area contributed by atoms with Crippen molar-refractivity contribution >= 4 is 11.6 Å². The van der Waals surface area contributed by atoms with Crippen LogP contribution in [0.2, 0.25) is 0 Å². The van der Waals surface area contributed by atoms with Crippen LogP contribution in [0.15, 0.2) is 52.1 Å². The van der Waals surface area contributed by atoms with Crippen molar-refractivity contribution in [1.82, 2.24) is 0 Å². The Morgan fingerprint density at radius 2 is 1.88 bits per heavy atom. The van der Waals surface area contributed by atoms with Crippen LogP contribution < -0.4 is 5.43 Å². The minimum absolute atomic E-state index is 0.00176. The molecule has 16 heavy (non-hydrogen) atoms. The van der Waals surface area contributed by atoms with E-state index in [1.165, 1.54) is 12.5 Å². The number of benzene rings is 1. The zero-order valence-electron chi connectivity index (χ0n) is 8.65. The van der Waals surface area contributed by atoms with Crippen molar-refractivity contribution < 1.29 is 4.42 Å². The zero-order valence-corrected chi connectivity index (χ0v) is 9.41. The lowest BCUT2D eigenvalue weighted by molar-refractivity contribution is 0.543. The largest absolute Gasteiger partial charge is 0.471 e. The highest BCUT2D eigenvalue weighted by atomic mass is 35.5. The lowest BCUT2D eigenvalue weighted by Gasteiger charge is -2.02. The standard InChI is InChI=1S/C13H11ClO2/c14-7-6-11-8-16-9-12(13(11)15)10-4-2-1-3-5-10/h1-5,8-9H,6-7H2. The maximum atomic E-state index is 12.0. The van der Waals surface area contributed by atoms with Gasteiger partial charge < -0.3 is 4.42 Å². The van der Waals surface area contributed by atoms with Gasteiger partial charge in [-0.3, -0.25) is 4.79 Å². The molecule has 0 aliphatic carbocycles. The molecule has 2 nitrogen and oxygen atoms in total. The van der Waals surface area contributed by atoms with E-state index in [9.17, 15) is 4.79 Å². The molecule has 0 bridgehead atoms. The van der Waals surface area contributed by atoms with Crippen LogP contribution in [0.3, 0.4) is 0 Å². The van der Waals surface area contributed by atoms with Crippen molar-refractivity contribution in [3.63, 3.8) is 0 Å². The summed E-state index contributed by atoms with van der Waals surface area (Å²) in [6.45, 7) is 0. The lowest BCUT2D eigenvalue weighted by Crippen LogP contribution is -2.11. The van der Waals surface area contributed by atoms with Crippen molar-refractivity contribution in [2.45, 2.75) is 6.42 Å². The summed E-state index contributed by atoms with van der Waals surface area (Å²) < 4.78 is 5.17. The molecule has 82 valence electrons. The van der Waals surface area contributed by atoms with Gasteiger partial charge in [0.2, 0.25) is 0 Å². The second-order valence-electron chi connectivity index (χ2n) is 3.44. The van der Waals surface area contributed by atoms with Gasteiger partial charge in [0.1, 0.15) is 6.26 Å². The Kier molecular flexibility index (Phi) is 3.42. The molecule has 0 amide bonds. The van der Waals surface area contributed by atoms with E-state index >= 15 is 0 Å². The Labute approximate surface area is 98.5 Å². The monoisotopic (exact) mass is 234 g/mol. The molecule has 0 saturated heterocycles. The van der Waals surface area contributed by atoms with Crippen molar-refractivity contribution in [3.05, 3.63) is 58.6 Å². The molecule has 1 aromatic carbocycles. The van der Waals surface area contributed by atoms with Gasteiger partial charge in [0, 0.05) is 11.4 Å². The molecule has 0 unspecified atom stereocenters. The highest BCUT2D eigenvalue weighted by molar-refractivity contribution is 6.17. The Morgan fingerprint density at radius 3 is 2.56 bits per heavy atom. The van der Waals surface area contributed by atoms with E-state index in [-0.39, 0.29) is 5.43 Å². The third-order valence-corrected chi connectivity index (χ3v) is 2.57. The molecule has 0 aliphatic heterocycles. The first kappa shape index (κ1) is 11.0. The molecule has 1 heterocycles. The molecular formula is C13H11ClO2. The average molecular weight is 235 g/mol. The fourth-order valence-electron chi connectivity index (χ4n) is 1.56. The molecule has 0 saturated carbocycles. The summed E-state index contributed by atoms with van der Waals surface area (Å²) in [5.74, 6) is 0.420. The summed E-state index contributed by atoms with van der Waals surface area (Å²) in [6.07, 6.45) is 3.48. The van der Waals surface area contributed by atoms with Crippen molar-refractivity contribution in [2.24, 2.45) is 0 Å². The first-order valence-corrected chi connectivity index (χ1v) is 5.57. The van der Waals surface area contributed by atoms with Crippen molar-refractivity contribution in [2.75, 3.05) is 5.88 Å². The third kappa shape index (κ3) is 2.17. The van der Waals surface area contributed by atoms with Crippen LogP contribution in [0, 0.1) is 0 Å². The average Bonchev–Trinajstić information content (AvgIpc) is 2.33. The predicted octanol–water partition coefficient (Wildman–Crippen LogP) is 3.09. The zero-order chi connectivity index (χ0) is 11.4. The number of hydrogen-bond donors (Lipinski definition) is 0.